The first-order valence-electron chi connectivity index (χ1n) is 13.8. The van der Waals surface area contributed by atoms with Gasteiger partial charge in [-0.05, 0) is 53.1 Å². The first kappa shape index (κ1) is 28.6. The van der Waals surface area contributed by atoms with Crippen LogP contribution in [0.4, 0.5) is 10.5 Å². The SMILES string of the molecule is CN(Cc1ccccc1)CC(NC(=O)OCC1c2ccccc2-c2ccccc21)C(=O)N(C)c1cccc(C(=O)O)c1. The van der Waals surface area contributed by atoms with Crippen molar-refractivity contribution in [1.82, 2.24) is 10.2 Å². The van der Waals surface area contributed by atoms with Crippen LogP contribution in [0, 0.1) is 0 Å². The molecule has 0 radical (unpaired) electrons. The molecule has 4 aromatic carbocycles. The van der Waals surface area contributed by atoms with Crippen molar-refractivity contribution in [2.45, 2.75) is 18.5 Å². The summed E-state index contributed by atoms with van der Waals surface area (Å²) in [6.07, 6.45) is -0.698. The van der Waals surface area contributed by atoms with Crippen LogP contribution < -0.4 is 10.2 Å². The molecule has 5 rings (SSSR count). The van der Waals surface area contributed by atoms with Crippen LogP contribution in [-0.2, 0) is 16.1 Å². The van der Waals surface area contributed by atoms with Gasteiger partial charge in [-0.25, -0.2) is 9.59 Å². The van der Waals surface area contributed by atoms with E-state index in [1.165, 1.54) is 17.0 Å². The van der Waals surface area contributed by atoms with Crippen LogP contribution in [-0.4, -0.2) is 61.3 Å². The van der Waals surface area contributed by atoms with Gasteiger partial charge in [0.05, 0.1) is 5.56 Å². The zero-order valence-corrected chi connectivity index (χ0v) is 23.6. The van der Waals surface area contributed by atoms with E-state index in [0.717, 1.165) is 27.8 Å². The Kier molecular flexibility index (Phi) is 8.64. The number of carbonyl (C=O) groups is 3. The van der Waals surface area contributed by atoms with E-state index in [0.29, 0.717) is 12.2 Å². The molecule has 0 spiro atoms. The summed E-state index contributed by atoms with van der Waals surface area (Å²) >= 11 is 0. The van der Waals surface area contributed by atoms with E-state index in [2.05, 4.69) is 17.4 Å². The van der Waals surface area contributed by atoms with Crippen LogP contribution >= 0.6 is 0 Å². The number of hydrogen-bond acceptors (Lipinski definition) is 5. The number of nitrogens with one attached hydrogen (secondary N) is 1. The number of anilines is 1. The zero-order valence-electron chi connectivity index (χ0n) is 23.6. The number of benzene rings is 4. The van der Waals surface area contributed by atoms with E-state index in [9.17, 15) is 19.5 Å². The van der Waals surface area contributed by atoms with Crippen molar-refractivity contribution in [3.05, 3.63) is 125 Å². The van der Waals surface area contributed by atoms with Gasteiger partial charge < -0.3 is 20.1 Å². The first-order chi connectivity index (χ1) is 20.3. The predicted octanol–water partition coefficient (Wildman–Crippen LogP) is 5.39. The average molecular weight is 564 g/mol. The lowest BCUT2D eigenvalue weighted by Crippen LogP contribution is -2.52. The topological polar surface area (TPSA) is 99.2 Å². The Morgan fingerprint density at radius 3 is 2.10 bits per heavy atom. The standard InChI is InChI=1S/C34H33N3O5/c1-36(20-23-11-4-3-5-12-23)21-31(32(38)37(2)25-14-10-13-24(19-25)33(39)40)35-34(41)42-22-30-28-17-8-6-15-26(28)27-16-7-9-18-29(27)30/h3-19,30-31H,20-22H2,1-2H3,(H,35,41)(H,39,40). The molecule has 0 aromatic heterocycles. The maximum atomic E-state index is 13.7. The molecule has 8 heteroatoms. The van der Waals surface area contributed by atoms with Crippen molar-refractivity contribution in [2.75, 3.05) is 32.1 Å². The van der Waals surface area contributed by atoms with Gasteiger partial charge >= 0.3 is 12.1 Å². The Balaban J connectivity index is 1.32. The summed E-state index contributed by atoms with van der Waals surface area (Å²) in [5, 5.41) is 12.2. The maximum Gasteiger partial charge on any atom is 0.407 e. The molecule has 2 N–H and O–H groups in total. The maximum absolute atomic E-state index is 13.7. The van der Waals surface area contributed by atoms with Crippen molar-refractivity contribution < 1.29 is 24.2 Å². The molecular weight excluding hydrogens is 530 g/mol. The lowest BCUT2D eigenvalue weighted by molar-refractivity contribution is -0.120. The number of carboxylic acids is 1. The van der Waals surface area contributed by atoms with E-state index in [1.807, 2.05) is 78.7 Å². The van der Waals surface area contributed by atoms with Gasteiger partial charge in [0.2, 0.25) is 0 Å². The second-order valence-corrected chi connectivity index (χ2v) is 10.5. The Morgan fingerprint density at radius 1 is 0.833 bits per heavy atom. The smallest absolute Gasteiger partial charge is 0.407 e. The van der Waals surface area contributed by atoms with E-state index in [-0.39, 0.29) is 24.6 Å². The highest BCUT2D eigenvalue weighted by Gasteiger charge is 2.31. The summed E-state index contributed by atoms with van der Waals surface area (Å²) in [5.41, 5.74) is 5.99. The number of likely N-dealkylation sites (N-methyl/N-ethyl adjacent to an activating group) is 2. The number of ether oxygens (including phenoxy) is 1. The lowest BCUT2D eigenvalue weighted by atomic mass is 9.98. The van der Waals surface area contributed by atoms with Crippen molar-refractivity contribution >= 4 is 23.7 Å². The van der Waals surface area contributed by atoms with Crippen LogP contribution in [0.25, 0.3) is 11.1 Å². The largest absolute Gasteiger partial charge is 0.478 e. The number of rotatable bonds is 10. The zero-order chi connectivity index (χ0) is 29.6. The number of fused-ring (bicyclic) bond motifs is 3. The molecule has 8 nitrogen and oxygen atoms in total. The van der Waals surface area contributed by atoms with Crippen LogP contribution in [0.5, 0.6) is 0 Å². The number of carboxylic acid groups (broad SMARTS) is 1. The van der Waals surface area contributed by atoms with Gasteiger partial charge in [-0.15, -0.1) is 0 Å². The molecule has 0 fully saturated rings. The summed E-state index contributed by atoms with van der Waals surface area (Å²) in [4.78, 5) is 41.7. The fraction of sp³-hybridized carbons (Fsp3) is 0.206. The summed E-state index contributed by atoms with van der Waals surface area (Å²) < 4.78 is 5.74. The molecule has 42 heavy (non-hydrogen) atoms. The Hall–Kier alpha value is -4.95. The Bertz CT molecular complexity index is 1540. The molecule has 0 saturated heterocycles. The number of nitrogens with zero attached hydrogens (tertiary/aromatic N) is 2. The number of hydrogen-bond donors (Lipinski definition) is 2. The molecule has 0 heterocycles. The Morgan fingerprint density at radius 2 is 1.45 bits per heavy atom. The van der Waals surface area contributed by atoms with Gasteiger partial charge in [0.25, 0.3) is 5.91 Å². The van der Waals surface area contributed by atoms with Gasteiger partial charge in [0, 0.05) is 31.7 Å². The van der Waals surface area contributed by atoms with Crippen LogP contribution in [0.1, 0.15) is 33.0 Å². The van der Waals surface area contributed by atoms with Gasteiger partial charge in [-0.1, -0.05) is 84.9 Å². The molecule has 4 aromatic rings. The molecule has 0 saturated carbocycles. The van der Waals surface area contributed by atoms with Gasteiger partial charge in [-0.2, -0.15) is 0 Å². The number of carbonyl (C=O) groups excluding carboxylic acids is 2. The number of aromatic carboxylic acids is 1. The van der Waals surface area contributed by atoms with Gasteiger partial charge in [0.15, 0.2) is 0 Å². The number of alkyl carbamates (subject to hydrolysis) is 1. The Labute approximate surface area is 245 Å². The quantitative estimate of drug-likeness (QED) is 0.269. The highest BCUT2D eigenvalue weighted by atomic mass is 16.5. The van der Waals surface area contributed by atoms with Crippen LogP contribution in [0.2, 0.25) is 0 Å². The van der Waals surface area contributed by atoms with E-state index in [4.69, 9.17) is 4.74 Å². The highest BCUT2D eigenvalue weighted by Crippen LogP contribution is 2.44. The molecule has 1 unspecified atom stereocenters. The molecule has 0 aliphatic heterocycles. The van der Waals surface area contributed by atoms with Gasteiger partial charge in [0.1, 0.15) is 12.6 Å². The molecule has 214 valence electrons. The van der Waals surface area contributed by atoms with Crippen molar-refractivity contribution in [2.24, 2.45) is 0 Å². The molecule has 1 aliphatic rings. The summed E-state index contributed by atoms with van der Waals surface area (Å²) in [6, 6.07) is 31.2. The fourth-order valence-electron chi connectivity index (χ4n) is 5.45. The third-order valence-corrected chi connectivity index (χ3v) is 7.53. The first-order valence-corrected chi connectivity index (χ1v) is 13.8. The molecule has 2 amide bonds. The second-order valence-electron chi connectivity index (χ2n) is 10.5. The highest BCUT2D eigenvalue weighted by molar-refractivity contribution is 5.99. The van der Waals surface area contributed by atoms with Crippen LogP contribution in [0.3, 0.4) is 0 Å². The molecule has 1 aliphatic carbocycles. The minimum absolute atomic E-state index is 0.0643. The molecular formula is C34H33N3O5. The number of amides is 2. The lowest BCUT2D eigenvalue weighted by Gasteiger charge is -2.28. The summed E-state index contributed by atoms with van der Waals surface area (Å²) in [7, 11) is 3.44. The third-order valence-electron chi connectivity index (χ3n) is 7.53. The monoisotopic (exact) mass is 563 g/mol. The average Bonchev–Trinajstić information content (AvgIpc) is 3.33. The minimum atomic E-state index is -1.09. The van der Waals surface area contributed by atoms with Gasteiger partial charge in [-0.3, -0.25) is 9.69 Å². The normalized spacial score (nSPS) is 12.7. The van der Waals surface area contributed by atoms with Crippen molar-refractivity contribution in [1.29, 1.82) is 0 Å². The summed E-state index contributed by atoms with van der Waals surface area (Å²) in [5.74, 6) is -1.60. The van der Waals surface area contributed by atoms with Crippen molar-refractivity contribution in [3.63, 3.8) is 0 Å². The minimum Gasteiger partial charge on any atom is -0.478 e. The second kappa shape index (κ2) is 12.7. The third kappa shape index (κ3) is 6.34. The van der Waals surface area contributed by atoms with E-state index < -0.39 is 24.0 Å². The van der Waals surface area contributed by atoms with E-state index in [1.54, 1.807) is 19.2 Å². The molecule has 1 atom stereocenters. The van der Waals surface area contributed by atoms with Crippen molar-refractivity contribution in [3.8, 4) is 11.1 Å². The van der Waals surface area contributed by atoms with E-state index >= 15 is 0 Å². The molecule has 0 bridgehead atoms. The fourth-order valence-corrected chi connectivity index (χ4v) is 5.45. The summed E-state index contributed by atoms with van der Waals surface area (Å²) in [6.45, 7) is 0.896. The predicted molar refractivity (Wildman–Crippen MR) is 162 cm³/mol. The van der Waals surface area contributed by atoms with Crippen LogP contribution in [0.15, 0.2) is 103 Å².